The topological polar surface area (TPSA) is 50.4 Å². The van der Waals surface area contributed by atoms with E-state index in [4.69, 9.17) is 4.74 Å². The predicted molar refractivity (Wildman–Crippen MR) is 89.2 cm³/mol. The van der Waals surface area contributed by atoms with Crippen molar-refractivity contribution in [2.24, 2.45) is 5.92 Å². The highest BCUT2D eigenvalue weighted by molar-refractivity contribution is 5.85. The van der Waals surface area contributed by atoms with Crippen LogP contribution in [0.3, 0.4) is 0 Å². The second kappa shape index (κ2) is 10.5. The molecule has 1 aromatic rings. The number of para-hydroxylation sites is 1. The largest absolute Gasteiger partial charge is 0.488 e. The first-order valence-corrected chi connectivity index (χ1v) is 7.23. The van der Waals surface area contributed by atoms with Crippen LogP contribution in [0.2, 0.25) is 0 Å². The van der Waals surface area contributed by atoms with E-state index in [0.29, 0.717) is 13.1 Å². The smallest absolute Gasteiger partial charge is 0.224 e. The van der Waals surface area contributed by atoms with Crippen LogP contribution in [0, 0.1) is 12.8 Å². The predicted octanol–water partition coefficient (Wildman–Crippen LogP) is 2.55. The number of carbonyl (C=O) groups is 1. The first-order valence-electron chi connectivity index (χ1n) is 7.23. The molecule has 2 unspecified atom stereocenters. The molecule has 1 aromatic carbocycles. The monoisotopic (exact) mass is 314 g/mol. The Hall–Kier alpha value is -1.26. The van der Waals surface area contributed by atoms with Gasteiger partial charge in [-0.3, -0.25) is 4.79 Å². The standard InChI is InChI=1S/C16H26N2O2.ClH/c1-5-14(11-18-16(19)13(3)10-17-4)20-15-9-7-6-8-12(15)2;/h6-9,13-14,17H,5,10-11H2,1-4H3,(H,18,19);1H. The third-order valence-corrected chi connectivity index (χ3v) is 3.30. The lowest BCUT2D eigenvalue weighted by Crippen LogP contribution is -2.40. The summed E-state index contributed by atoms with van der Waals surface area (Å²) in [5.41, 5.74) is 1.11. The van der Waals surface area contributed by atoms with Crippen molar-refractivity contribution in [1.82, 2.24) is 10.6 Å². The summed E-state index contributed by atoms with van der Waals surface area (Å²) in [7, 11) is 1.85. The molecule has 0 fully saturated rings. The van der Waals surface area contributed by atoms with Gasteiger partial charge < -0.3 is 15.4 Å². The van der Waals surface area contributed by atoms with Crippen molar-refractivity contribution in [3.8, 4) is 5.75 Å². The number of rotatable bonds is 8. The summed E-state index contributed by atoms with van der Waals surface area (Å²) in [5, 5.41) is 5.96. The molecular weight excluding hydrogens is 288 g/mol. The number of nitrogens with one attached hydrogen (secondary N) is 2. The van der Waals surface area contributed by atoms with Crippen LogP contribution in [0.15, 0.2) is 24.3 Å². The summed E-state index contributed by atoms with van der Waals surface area (Å²) >= 11 is 0. The minimum absolute atomic E-state index is 0. The maximum atomic E-state index is 11.9. The number of halogens is 1. The van der Waals surface area contributed by atoms with Gasteiger partial charge in [-0.25, -0.2) is 0 Å². The van der Waals surface area contributed by atoms with Gasteiger partial charge in [0.1, 0.15) is 11.9 Å². The summed E-state index contributed by atoms with van der Waals surface area (Å²) in [5.74, 6) is 0.916. The zero-order valence-electron chi connectivity index (χ0n) is 13.3. The van der Waals surface area contributed by atoms with Crippen LogP contribution in [0.1, 0.15) is 25.8 Å². The van der Waals surface area contributed by atoms with E-state index in [1.54, 1.807) is 0 Å². The summed E-state index contributed by atoms with van der Waals surface area (Å²) < 4.78 is 5.95. The summed E-state index contributed by atoms with van der Waals surface area (Å²) in [6.07, 6.45) is 0.858. The van der Waals surface area contributed by atoms with Crippen LogP contribution in [-0.4, -0.2) is 32.1 Å². The fourth-order valence-corrected chi connectivity index (χ4v) is 1.93. The number of carbonyl (C=O) groups excluding carboxylic acids is 1. The Morgan fingerprint density at radius 3 is 2.52 bits per heavy atom. The summed E-state index contributed by atoms with van der Waals surface area (Å²) in [6, 6.07) is 7.94. The highest BCUT2D eigenvalue weighted by Crippen LogP contribution is 2.18. The minimum atomic E-state index is -0.0315. The second-order valence-corrected chi connectivity index (χ2v) is 5.12. The molecule has 0 radical (unpaired) electrons. The lowest BCUT2D eigenvalue weighted by atomic mass is 10.1. The number of hydrogen-bond acceptors (Lipinski definition) is 3. The van der Waals surface area contributed by atoms with E-state index in [1.165, 1.54) is 0 Å². The van der Waals surface area contributed by atoms with Crippen molar-refractivity contribution in [3.05, 3.63) is 29.8 Å². The quantitative estimate of drug-likeness (QED) is 0.775. The highest BCUT2D eigenvalue weighted by Gasteiger charge is 2.15. The Kier molecular flexibility index (Phi) is 9.84. The van der Waals surface area contributed by atoms with Crippen LogP contribution in [0.5, 0.6) is 5.75 Å². The molecule has 21 heavy (non-hydrogen) atoms. The van der Waals surface area contributed by atoms with Gasteiger partial charge in [0.25, 0.3) is 0 Å². The summed E-state index contributed by atoms with van der Waals surface area (Å²) in [6.45, 7) is 7.22. The van der Waals surface area contributed by atoms with Gasteiger partial charge >= 0.3 is 0 Å². The molecule has 0 bridgehead atoms. The van der Waals surface area contributed by atoms with Crippen molar-refractivity contribution < 1.29 is 9.53 Å². The molecule has 0 heterocycles. The molecule has 0 aliphatic rings. The van der Waals surface area contributed by atoms with Gasteiger partial charge in [-0.05, 0) is 32.0 Å². The van der Waals surface area contributed by atoms with E-state index in [1.807, 2.05) is 45.2 Å². The normalized spacial score (nSPS) is 13.0. The Morgan fingerprint density at radius 2 is 1.95 bits per heavy atom. The Bertz CT molecular complexity index is 426. The number of benzene rings is 1. The van der Waals surface area contributed by atoms with Gasteiger partial charge in [0, 0.05) is 12.5 Å². The Balaban J connectivity index is 0.00000400. The van der Waals surface area contributed by atoms with Crippen LogP contribution < -0.4 is 15.4 Å². The molecule has 2 N–H and O–H groups in total. The van der Waals surface area contributed by atoms with Crippen molar-refractivity contribution in [2.75, 3.05) is 20.1 Å². The van der Waals surface area contributed by atoms with Crippen LogP contribution >= 0.6 is 12.4 Å². The maximum Gasteiger partial charge on any atom is 0.224 e. The van der Waals surface area contributed by atoms with Crippen molar-refractivity contribution in [1.29, 1.82) is 0 Å². The van der Waals surface area contributed by atoms with Gasteiger partial charge in [-0.15, -0.1) is 12.4 Å². The summed E-state index contributed by atoms with van der Waals surface area (Å²) in [4.78, 5) is 11.9. The van der Waals surface area contributed by atoms with Gasteiger partial charge in [0.2, 0.25) is 5.91 Å². The molecule has 2 atom stereocenters. The number of ether oxygens (including phenoxy) is 1. The number of aryl methyl sites for hydroxylation is 1. The zero-order valence-corrected chi connectivity index (χ0v) is 14.1. The van der Waals surface area contributed by atoms with Crippen LogP contribution in [0.25, 0.3) is 0 Å². The van der Waals surface area contributed by atoms with E-state index in [9.17, 15) is 4.79 Å². The van der Waals surface area contributed by atoms with E-state index in [0.717, 1.165) is 17.7 Å². The molecule has 0 aliphatic heterocycles. The van der Waals surface area contributed by atoms with Crippen molar-refractivity contribution in [2.45, 2.75) is 33.3 Å². The van der Waals surface area contributed by atoms with E-state index in [-0.39, 0.29) is 30.3 Å². The SMILES string of the molecule is CCC(CNC(=O)C(C)CNC)Oc1ccccc1C.Cl. The maximum absolute atomic E-state index is 11.9. The fraction of sp³-hybridized carbons (Fsp3) is 0.562. The molecular formula is C16H27ClN2O2. The van der Waals surface area contributed by atoms with E-state index in [2.05, 4.69) is 17.6 Å². The molecule has 0 saturated carbocycles. The molecule has 0 spiro atoms. The van der Waals surface area contributed by atoms with Crippen molar-refractivity contribution >= 4 is 18.3 Å². The molecule has 1 amide bonds. The van der Waals surface area contributed by atoms with Crippen LogP contribution in [-0.2, 0) is 4.79 Å². The molecule has 0 aromatic heterocycles. The molecule has 5 heteroatoms. The van der Waals surface area contributed by atoms with Crippen molar-refractivity contribution in [3.63, 3.8) is 0 Å². The lowest BCUT2D eigenvalue weighted by molar-refractivity contribution is -0.124. The zero-order chi connectivity index (χ0) is 15.0. The molecule has 1 rings (SSSR count). The first kappa shape index (κ1) is 19.7. The lowest BCUT2D eigenvalue weighted by Gasteiger charge is -2.20. The van der Waals surface area contributed by atoms with Gasteiger partial charge in [-0.1, -0.05) is 32.0 Å². The first-order chi connectivity index (χ1) is 9.58. The minimum Gasteiger partial charge on any atom is -0.488 e. The molecule has 0 aliphatic carbocycles. The Labute approximate surface area is 134 Å². The van der Waals surface area contributed by atoms with E-state index >= 15 is 0 Å². The van der Waals surface area contributed by atoms with Gasteiger partial charge in [-0.2, -0.15) is 0 Å². The average Bonchev–Trinajstić information content (AvgIpc) is 2.45. The molecule has 0 saturated heterocycles. The number of hydrogen-bond donors (Lipinski definition) is 2. The van der Waals surface area contributed by atoms with Gasteiger partial charge in [0.05, 0.1) is 6.54 Å². The fourth-order valence-electron chi connectivity index (χ4n) is 1.93. The third-order valence-electron chi connectivity index (χ3n) is 3.30. The number of amides is 1. The molecule has 4 nitrogen and oxygen atoms in total. The second-order valence-electron chi connectivity index (χ2n) is 5.12. The van der Waals surface area contributed by atoms with E-state index < -0.39 is 0 Å². The highest BCUT2D eigenvalue weighted by atomic mass is 35.5. The molecule has 120 valence electrons. The third kappa shape index (κ3) is 6.82. The average molecular weight is 315 g/mol. The Morgan fingerprint density at radius 1 is 1.29 bits per heavy atom. The van der Waals surface area contributed by atoms with Gasteiger partial charge in [0.15, 0.2) is 0 Å². The van der Waals surface area contributed by atoms with Crippen LogP contribution in [0.4, 0.5) is 0 Å².